The SMILES string of the molecule is Cc1cc(-c2cnc3[nH]cc(-c4ccc(C(=O)N5CC6(COC6)C5)cc4)c3c2)cc(C)c1CN1CCN(CC2CC2)CC1. The number of aryl methyl sites for hydroxylation is 2. The third kappa shape index (κ3) is 5.17. The van der Waals surface area contributed by atoms with Crippen LogP contribution in [0, 0.1) is 25.2 Å². The molecule has 1 spiro atoms. The quantitative estimate of drug-likeness (QED) is 0.315. The van der Waals surface area contributed by atoms with Crippen molar-refractivity contribution >= 4 is 16.9 Å². The zero-order chi connectivity index (χ0) is 29.1. The van der Waals surface area contributed by atoms with Gasteiger partial charge in [-0.25, -0.2) is 4.98 Å². The van der Waals surface area contributed by atoms with Crippen molar-refractivity contribution < 1.29 is 9.53 Å². The summed E-state index contributed by atoms with van der Waals surface area (Å²) < 4.78 is 5.35. The number of likely N-dealkylation sites (tertiary alicyclic amines) is 1. The van der Waals surface area contributed by atoms with E-state index in [1.54, 1.807) is 0 Å². The highest BCUT2D eigenvalue weighted by Gasteiger charge is 2.50. The molecule has 222 valence electrons. The van der Waals surface area contributed by atoms with E-state index in [-0.39, 0.29) is 11.3 Å². The molecule has 0 atom stereocenters. The lowest BCUT2D eigenvalue weighted by atomic mass is 9.78. The van der Waals surface area contributed by atoms with Gasteiger partial charge in [0, 0.05) is 86.8 Å². The summed E-state index contributed by atoms with van der Waals surface area (Å²) in [5.74, 6) is 1.08. The molecule has 3 aliphatic heterocycles. The molecule has 7 heteroatoms. The van der Waals surface area contributed by atoms with Crippen molar-refractivity contribution in [1.29, 1.82) is 0 Å². The van der Waals surface area contributed by atoms with Crippen molar-refractivity contribution in [2.45, 2.75) is 33.2 Å². The Morgan fingerprint density at radius 3 is 2.28 bits per heavy atom. The number of nitrogens with zero attached hydrogens (tertiary/aromatic N) is 4. The Morgan fingerprint density at radius 2 is 1.63 bits per heavy atom. The van der Waals surface area contributed by atoms with E-state index in [9.17, 15) is 4.79 Å². The van der Waals surface area contributed by atoms with Crippen LogP contribution in [0.5, 0.6) is 0 Å². The van der Waals surface area contributed by atoms with Crippen LogP contribution in [0.4, 0.5) is 0 Å². The zero-order valence-corrected chi connectivity index (χ0v) is 25.4. The van der Waals surface area contributed by atoms with E-state index < -0.39 is 0 Å². The smallest absolute Gasteiger partial charge is 0.253 e. The molecule has 0 unspecified atom stereocenters. The van der Waals surface area contributed by atoms with Gasteiger partial charge in [0.25, 0.3) is 5.91 Å². The molecule has 7 nitrogen and oxygen atoms in total. The average Bonchev–Trinajstić information content (AvgIpc) is 3.69. The van der Waals surface area contributed by atoms with E-state index in [1.165, 1.54) is 54.7 Å². The first kappa shape index (κ1) is 27.1. The fraction of sp³-hybridized carbons (Fsp3) is 0.444. The maximum Gasteiger partial charge on any atom is 0.253 e. The molecule has 8 rings (SSSR count). The fourth-order valence-corrected chi connectivity index (χ4v) is 7.28. The number of amides is 1. The lowest BCUT2D eigenvalue weighted by molar-refractivity contribution is -0.176. The maximum absolute atomic E-state index is 13.0. The van der Waals surface area contributed by atoms with Crippen LogP contribution < -0.4 is 0 Å². The number of hydrogen-bond acceptors (Lipinski definition) is 5. The monoisotopic (exact) mass is 575 g/mol. The highest BCUT2D eigenvalue weighted by atomic mass is 16.5. The summed E-state index contributed by atoms with van der Waals surface area (Å²) in [7, 11) is 0. The molecular formula is C36H41N5O2. The van der Waals surface area contributed by atoms with E-state index in [4.69, 9.17) is 9.72 Å². The van der Waals surface area contributed by atoms with Gasteiger partial charge in [-0.2, -0.15) is 0 Å². The van der Waals surface area contributed by atoms with Crippen molar-refractivity contribution in [2.75, 3.05) is 59.0 Å². The van der Waals surface area contributed by atoms with Gasteiger partial charge < -0.3 is 19.5 Å². The number of ether oxygens (including phenoxy) is 1. The number of nitrogens with one attached hydrogen (secondary N) is 1. The first-order valence-electron chi connectivity index (χ1n) is 15.9. The number of aromatic amines is 1. The topological polar surface area (TPSA) is 64.7 Å². The zero-order valence-electron chi connectivity index (χ0n) is 25.4. The molecule has 4 aliphatic rings. The Hall–Kier alpha value is -3.52. The van der Waals surface area contributed by atoms with Crippen LogP contribution in [0.15, 0.2) is 54.9 Å². The standard InChI is InChI=1S/C36H41N5O2/c1-24-13-29(14-25(2)33(24)19-40-11-9-39(10-12-40)18-26-3-4-26)30-15-31-32(17-38-34(31)37-16-30)27-5-7-28(8-6-27)35(42)41-20-36(21-41)22-43-23-36/h5-8,13-17,26H,3-4,9-12,18-23H2,1-2H3,(H,37,38). The second-order valence-corrected chi connectivity index (χ2v) is 13.7. The molecule has 0 bridgehead atoms. The summed E-state index contributed by atoms with van der Waals surface area (Å²) in [4.78, 5) is 28.3. The van der Waals surface area contributed by atoms with Crippen LogP contribution in [0.25, 0.3) is 33.3 Å². The van der Waals surface area contributed by atoms with Gasteiger partial charge in [-0.3, -0.25) is 9.69 Å². The maximum atomic E-state index is 13.0. The van der Waals surface area contributed by atoms with Crippen molar-refractivity contribution in [3.8, 4) is 22.3 Å². The number of piperazine rings is 1. The molecule has 2 aromatic heterocycles. The summed E-state index contributed by atoms with van der Waals surface area (Å²) in [5, 5.41) is 1.09. The predicted octanol–water partition coefficient (Wildman–Crippen LogP) is 5.51. The number of H-pyrrole nitrogens is 1. The van der Waals surface area contributed by atoms with Crippen molar-refractivity contribution in [2.24, 2.45) is 11.3 Å². The van der Waals surface area contributed by atoms with Crippen LogP contribution in [0.1, 0.15) is 39.9 Å². The van der Waals surface area contributed by atoms with E-state index in [0.29, 0.717) is 0 Å². The van der Waals surface area contributed by atoms with Crippen LogP contribution in [0.2, 0.25) is 0 Å². The fourth-order valence-electron chi connectivity index (χ4n) is 7.28. The number of rotatable bonds is 7. The van der Waals surface area contributed by atoms with Crippen LogP contribution in [-0.4, -0.2) is 89.6 Å². The molecule has 1 saturated carbocycles. The van der Waals surface area contributed by atoms with Gasteiger partial charge in [-0.15, -0.1) is 0 Å². The molecule has 5 heterocycles. The van der Waals surface area contributed by atoms with Gasteiger partial charge in [-0.1, -0.05) is 24.3 Å². The van der Waals surface area contributed by atoms with Crippen LogP contribution in [-0.2, 0) is 11.3 Å². The Balaban J connectivity index is 0.982. The second kappa shape index (κ2) is 10.6. The number of aromatic nitrogens is 2. The lowest BCUT2D eigenvalue weighted by Crippen LogP contribution is -2.67. The van der Waals surface area contributed by atoms with Crippen molar-refractivity contribution in [3.05, 3.63) is 77.1 Å². The molecule has 0 radical (unpaired) electrons. The van der Waals surface area contributed by atoms with Crippen molar-refractivity contribution in [3.63, 3.8) is 0 Å². The predicted molar refractivity (Wildman–Crippen MR) is 170 cm³/mol. The molecule has 43 heavy (non-hydrogen) atoms. The number of fused-ring (bicyclic) bond motifs is 1. The molecule has 1 amide bonds. The van der Waals surface area contributed by atoms with Crippen LogP contribution in [0.3, 0.4) is 0 Å². The van der Waals surface area contributed by atoms with E-state index >= 15 is 0 Å². The summed E-state index contributed by atoms with van der Waals surface area (Å²) in [6.07, 6.45) is 6.87. The molecule has 1 aliphatic carbocycles. The summed E-state index contributed by atoms with van der Waals surface area (Å²) in [5.41, 5.74) is 10.5. The number of hydrogen-bond donors (Lipinski definition) is 1. The second-order valence-electron chi connectivity index (χ2n) is 13.7. The Bertz CT molecular complexity index is 1640. The van der Waals surface area contributed by atoms with Gasteiger partial charge in [-0.05, 0) is 78.6 Å². The van der Waals surface area contributed by atoms with E-state index in [2.05, 4.69) is 59.0 Å². The van der Waals surface area contributed by atoms with E-state index in [1.807, 2.05) is 29.4 Å². The number of carbonyl (C=O) groups excluding carboxylic acids is 1. The van der Waals surface area contributed by atoms with Gasteiger partial charge in [0.15, 0.2) is 0 Å². The summed E-state index contributed by atoms with van der Waals surface area (Å²) in [6, 6.07) is 14.9. The molecule has 2 aromatic carbocycles. The minimum atomic E-state index is 0.108. The van der Waals surface area contributed by atoms with Crippen LogP contribution >= 0.6 is 0 Å². The molecule has 4 aromatic rings. The molecular weight excluding hydrogens is 534 g/mol. The lowest BCUT2D eigenvalue weighted by Gasteiger charge is -2.54. The van der Waals surface area contributed by atoms with E-state index in [0.717, 1.165) is 85.1 Å². The number of carbonyl (C=O) groups is 1. The highest BCUT2D eigenvalue weighted by molar-refractivity contribution is 5.98. The highest BCUT2D eigenvalue weighted by Crippen LogP contribution is 2.39. The first-order valence-corrected chi connectivity index (χ1v) is 15.9. The summed E-state index contributed by atoms with van der Waals surface area (Å²) >= 11 is 0. The first-order chi connectivity index (χ1) is 20.9. The largest absolute Gasteiger partial charge is 0.380 e. The number of benzene rings is 2. The normalized spacial score (nSPS) is 20.4. The molecule has 3 saturated heterocycles. The Morgan fingerprint density at radius 1 is 0.930 bits per heavy atom. The van der Waals surface area contributed by atoms with Gasteiger partial charge in [0.05, 0.1) is 18.6 Å². The molecule has 4 fully saturated rings. The minimum Gasteiger partial charge on any atom is -0.380 e. The Kier molecular flexibility index (Phi) is 6.66. The van der Waals surface area contributed by atoms with Gasteiger partial charge in [0.1, 0.15) is 5.65 Å². The number of pyridine rings is 1. The third-order valence-corrected chi connectivity index (χ3v) is 10.2. The van der Waals surface area contributed by atoms with Crippen molar-refractivity contribution in [1.82, 2.24) is 24.7 Å². The average molecular weight is 576 g/mol. The van der Waals surface area contributed by atoms with Gasteiger partial charge >= 0.3 is 0 Å². The summed E-state index contributed by atoms with van der Waals surface area (Å²) in [6.45, 7) is 14.8. The van der Waals surface area contributed by atoms with Gasteiger partial charge in [0.2, 0.25) is 0 Å². The Labute approximate surface area is 253 Å². The molecule has 1 N–H and O–H groups in total. The third-order valence-electron chi connectivity index (χ3n) is 10.2. The minimum absolute atomic E-state index is 0.108.